The molecule has 4 aromatic rings. The molecule has 0 radical (unpaired) electrons. The first-order chi connectivity index (χ1) is 14.6. The number of imidazole rings is 1. The highest BCUT2D eigenvalue weighted by molar-refractivity contribution is 5.92. The Labute approximate surface area is 171 Å². The van der Waals surface area contributed by atoms with Crippen molar-refractivity contribution in [1.82, 2.24) is 9.97 Å². The highest BCUT2D eigenvalue weighted by Gasteiger charge is 2.22. The van der Waals surface area contributed by atoms with E-state index in [9.17, 15) is 14.9 Å². The lowest BCUT2D eigenvalue weighted by Crippen LogP contribution is -2.10. The van der Waals surface area contributed by atoms with Gasteiger partial charge in [0.2, 0.25) is 0 Å². The first kappa shape index (κ1) is 19.1. The number of fused-ring (bicyclic) bond motifs is 1. The van der Waals surface area contributed by atoms with E-state index < -0.39 is 10.9 Å². The zero-order chi connectivity index (χ0) is 21.1. The molecule has 0 aliphatic carbocycles. The lowest BCUT2D eigenvalue weighted by Gasteiger charge is -2.10. The van der Waals surface area contributed by atoms with Crippen molar-refractivity contribution in [1.29, 1.82) is 0 Å². The molecule has 150 valence electrons. The fourth-order valence-electron chi connectivity index (χ4n) is 3.15. The predicted octanol–water partition coefficient (Wildman–Crippen LogP) is 4.50. The van der Waals surface area contributed by atoms with Gasteiger partial charge < -0.3 is 14.5 Å². The van der Waals surface area contributed by atoms with Crippen molar-refractivity contribution in [3.8, 4) is 17.1 Å². The van der Waals surface area contributed by atoms with Crippen molar-refractivity contribution in [2.45, 2.75) is 6.61 Å². The Bertz CT molecular complexity index is 1200. The van der Waals surface area contributed by atoms with Gasteiger partial charge in [0.15, 0.2) is 0 Å². The maximum absolute atomic E-state index is 12.0. The lowest BCUT2D eigenvalue weighted by atomic mass is 10.1. The van der Waals surface area contributed by atoms with Crippen LogP contribution in [0.15, 0.2) is 66.7 Å². The molecule has 30 heavy (non-hydrogen) atoms. The van der Waals surface area contributed by atoms with E-state index in [0.29, 0.717) is 5.75 Å². The van der Waals surface area contributed by atoms with Crippen molar-refractivity contribution >= 4 is 22.7 Å². The standard InChI is InChI=1S/C22H17N3O5/c1-29-22(26)16-5-4-8-20(25(27)28)17(16)13-30-15-11-9-14(10-12-15)21-23-18-6-2-3-7-19(18)24-21/h2-12H,13H2,1H3,(H,23,24). The summed E-state index contributed by atoms with van der Waals surface area (Å²) in [7, 11) is 1.22. The number of nitro groups is 1. The monoisotopic (exact) mass is 403 g/mol. The summed E-state index contributed by atoms with van der Waals surface area (Å²) in [5.41, 5.74) is 2.76. The number of aromatic amines is 1. The van der Waals surface area contributed by atoms with Gasteiger partial charge in [0.1, 0.15) is 18.2 Å². The number of hydrogen-bond donors (Lipinski definition) is 1. The summed E-state index contributed by atoms with van der Waals surface area (Å²) < 4.78 is 10.5. The third-order valence-corrected chi connectivity index (χ3v) is 4.65. The molecule has 0 aliphatic heterocycles. The summed E-state index contributed by atoms with van der Waals surface area (Å²) in [6, 6.07) is 19.2. The molecule has 0 atom stereocenters. The van der Waals surface area contributed by atoms with Crippen LogP contribution < -0.4 is 4.74 Å². The van der Waals surface area contributed by atoms with Crippen LogP contribution in [0.3, 0.4) is 0 Å². The van der Waals surface area contributed by atoms with Crippen molar-refractivity contribution in [2.24, 2.45) is 0 Å². The van der Waals surface area contributed by atoms with Crippen molar-refractivity contribution < 1.29 is 19.2 Å². The zero-order valence-electron chi connectivity index (χ0n) is 16.0. The van der Waals surface area contributed by atoms with Gasteiger partial charge in [-0.3, -0.25) is 10.1 Å². The molecule has 0 spiro atoms. The second-order valence-corrected chi connectivity index (χ2v) is 6.47. The van der Waals surface area contributed by atoms with Gasteiger partial charge in [-0.2, -0.15) is 0 Å². The van der Waals surface area contributed by atoms with Crippen molar-refractivity contribution in [2.75, 3.05) is 7.11 Å². The molecule has 0 saturated carbocycles. The van der Waals surface area contributed by atoms with Crippen LogP contribution in [0, 0.1) is 10.1 Å². The minimum absolute atomic E-state index is 0.102. The van der Waals surface area contributed by atoms with E-state index in [4.69, 9.17) is 9.47 Å². The number of H-pyrrole nitrogens is 1. The molecule has 8 heteroatoms. The summed E-state index contributed by atoms with van der Waals surface area (Å²) in [5, 5.41) is 11.4. The summed E-state index contributed by atoms with van der Waals surface area (Å²) >= 11 is 0. The SMILES string of the molecule is COC(=O)c1cccc([N+](=O)[O-])c1COc1ccc(-c2nc3ccccc3[nH]2)cc1. The Morgan fingerprint density at radius 3 is 2.53 bits per heavy atom. The Balaban J connectivity index is 1.56. The molecule has 0 fully saturated rings. The Hall–Kier alpha value is -4.20. The topological polar surface area (TPSA) is 107 Å². The Kier molecular flexibility index (Phi) is 5.13. The number of nitrogens with zero attached hydrogens (tertiary/aromatic N) is 2. The van der Waals surface area contributed by atoms with Crippen molar-refractivity contribution in [3.63, 3.8) is 0 Å². The number of nitro benzene ring substituents is 1. The summed E-state index contributed by atoms with van der Waals surface area (Å²) in [4.78, 5) is 30.6. The van der Waals surface area contributed by atoms with E-state index in [0.717, 1.165) is 22.4 Å². The predicted molar refractivity (Wildman–Crippen MR) is 110 cm³/mol. The van der Waals surface area contributed by atoms with Crippen LogP contribution in [0.1, 0.15) is 15.9 Å². The van der Waals surface area contributed by atoms with E-state index >= 15 is 0 Å². The number of carbonyl (C=O) groups is 1. The van der Waals surface area contributed by atoms with Gasteiger partial charge in [-0.15, -0.1) is 0 Å². The van der Waals surface area contributed by atoms with Crippen LogP contribution in [0.2, 0.25) is 0 Å². The minimum atomic E-state index is -0.655. The number of ether oxygens (including phenoxy) is 2. The van der Waals surface area contributed by atoms with Crippen LogP contribution in [-0.2, 0) is 11.3 Å². The molecule has 1 aromatic heterocycles. The van der Waals surface area contributed by atoms with E-state index in [1.807, 2.05) is 36.4 Å². The molecule has 1 heterocycles. The van der Waals surface area contributed by atoms with Gasteiger partial charge in [0, 0.05) is 11.6 Å². The molecule has 0 aliphatic rings. The fraction of sp³-hybridized carbons (Fsp3) is 0.0909. The number of esters is 1. The summed E-state index contributed by atoms with van der Waals surface area (Å²) in [5.74, 6) is 0.579. The van der Waals surface area contributed by atoms with Gasteiger partial charge in [-0.1, -0.05) is 18.2 Å². The fourth-order valence-corrected chi connectivity index (χ4v) is 3.15. The molecule has 0 amide bonds. The van der Waals surface area contributed by atoms with E-state index in [2.05, 4.69) is 9.97 Å². The molecule has 4 rings (SSSR count). The number of benzene rings is 3. The maximum atomic E-state index is 12.0. The molecule has 0 unspecified atom stereocenters. The highest BCUT2D eigenvalue weighted by Crippen LogP contribution is 2.27. The average molecular weight is 403 g/mol. The number of nitrogens with one attached hydrogen (secondary N) is 1. The van der Waals surface area contributed by atoms with Gasteiger partial charge >= 0.3 is 5.97 Å². The van der Waals surface area contributed by atoms with Crippen molar-refractivity contribution in [3.05, 3.63) is 88.0 Å². The largest absolute Gasteiger partial charge is 0.489 e. The number of hydrogen-bond acceptors (Lipinski definition) is 6. The highest BCUT2D eigenvalue weighted by atomic mass is 16.6. The molecular formula is C22H17N3O5. The van der Waals surface area contributed by atoms with Gasteiger partial charge in [0.05, 0.1) is 34.2 Å². The Morgan fingerprint density at radius 2 is 1.83 bits per heavy atom. The number of para-hydroxylation sites is 2. The first-order valence-electron chi connectivity index (χ1n) is 9.09. The average Bonchev–Trinajstić information content (AvgIpc) is 3.21. The van der Waals surface area contributed by atoms with E-state index in [1.165, 1.54) is 25.3 Å². The molecule has 3 aromatic carbocycles. The molecular weight excluding hydrogens is 386 g/mol. The third-order valence-electron chi connectivity index (χ3n) is 4.65. The third kappa shape index (κ3) is 3.70. The first-order valence-corrected chi connectivity index (χ1v) is 9.09. The van der Waals surface area contributed by atoms with Crippen LogP contribution >= 0.6 is 0 Å². The van der Waals surface area contributed by atoms with Gasteiger partial charge in [0.25, 0.3) is 5.69 Å². The second-order valence-electron chi connectivity index (χ2n) is 6.47. The number of rotatable bonds is 6. The Morgan fingerprint density at radius 1 is 1.07 bits per heavy atom. The molecule has 0 saturated heterocycles. The lowest BCUT2D eigenvalue weighted by molar-refractivity contribution is -0.385. The van der Waals surface area contributed by atoms with Gasteiger partial charge in [-0.25, -0.2) is 9.78 Å². The van der Waals surface area contributed by atoms with Crippen LogP contribution in [0.5, 0.6) is 5.75 Å². The summed E-state index contributed by atoms with van der Waals surface area (Å²) in [6.45, 7) is -0.147. The second kappa shape index (κ2) is 8.04. The van der Waals surface area contributed by atoms with Crippen LogP contribution in [-0.4, -0.2) is 28.0 Å². The van der Waals surface area contributed by atoms with Crippen LogP contribution in [0.4, 0.5) is 5.69 Å². The van der Waals surface area contributed by atoms with Gasteiger partial charge in [-0.05, 0) is 42.5 Å². The number of methoxy groups -OCH3 is 1. The number of aromatic nitrogens is 2. The molecule has 1 N–H and O–H groups in total. The molecule has 0 bridgehead atoms. The minimum Gasteiger partial charge on any atom is -0.489 e. The van der Waals surface area contributed by atoms with Crippen LogP contribution in [0.25, 0.3) is 22.4 Å². The maximum Gasteiger partial charge on any atom is 0.338 e. The van der Waals surface area contributed by atoms with E-state index in [-0.39, 0.29) is 23.4 Å². The number of carbonyl (C=O) groups excluding carboxylic acids is 1. The quantitative estimate of drug-likeness (QED) is 0.288. The van der Waals surface area contributed by atoms with E-state index in [1.54, 1.807) is 12.1 Å². The molecule has 8 nitrogen and oxygen atoms in total. The normalized spacial score (nSPS) is 10.7. The zero-order valence-corrected chi connectivity index (χ0v) is 16.0. The summed E-state index contributed by atoms with van der Waals surface area (Å²) in [6.07, 6.45) is 0. The smallest absolute Gasteiger partial charge is 0.338 e.